The fraction of sp³-hybridized carbons (Fsp3) is 0.533. The number of rotatable bonds is 7. The summed E-state index contributed by atoms with van der Waals surface area (Å²) >= 11 is 12.0. The smallest absolute Gasteiger partial charge is 0.234 e. The van der Waals surface area contributed by atoms with Crippen LogP contribution in [0, 0.1) is 0 Å². The number of carbonyl (C=O) groups excluding carboxylic acids is 1. The number of hydrogen-bond donors (Lipinski definition) is 2. The number of benzene rings is 1. The molecule has 2 atom stereocenters. The second kappa shape index (κ2) is 8.50. The van der Waals surface area contributed by atoms with Gasteiger partial charge in [0.25, 0.3) is 0 Å². The van der Waals surface area contributed by atoms with Crippen molar-refractivity contribution < 1.29 is 4.79 Å². The van der Waals surface area contributed by atoms with Crippen molar-refractivity contribution in [2.24, 2.45) is 0 Å². The van der Waals surface area contributed by atoms with Crippen LogP contribution in [0.2, 0.25) is 10.0 Å². The lowest BCUT2D eigenvalue weighted by Gasteiger charge is -2.17. The van der Waals surface area contributed by atoms with Crippen LogP contribution in [0.4, 0.5) is 0 Å². The number of amides is 1. The van der Waals surface area contributed by atoms with Crippen molar-refractivity contribution in [1.29, 1.82) is 0 Å². The first-order chi connectivity index (χ1) is 9.43. The molecule has 0 aliphatic heterocycles. The van der Waals surface area contributed by atoms with Crippen molar-refractivity contribution in [2.45, 2.75) is 45.7 Å². The summed E-state index contributed by atoms with van der Waals surface area (Å²) in [5, 5.41) is 7.34. The summed E-state index contributed by atoms with van der Waals surface area (Å²) in [6.07, 6.45) is 2.05. The summed E-state index contributed by atoms with van der Waals surface area (Å²) in [6.45, 7) is 6.36. The summed E-state index contributed by atoms with van der Waals surface area (Å²) < 4.78 is 0. The molecule has 5 heteroatoms. The maximum atomic E-state index is 11.8. The van der Waals surface area contributed by atoms with Gasteiger partial charge in [-0.05, 0) is 38.0 Å². The summed E-state index contributed by atoms with van der Waals surface area (Å²) in [6, 6.07) is 5.58. The Morgan fingerprint density at radius 3 is 2.60 bits per heavy atom. The van der Waals surface area contributed by atoms with Crippen molar-refractivity contribution in [1.82, 2.24) is 10.6 Å². The molecule has 0 spiro atoms. The minimum atomic E-state index is -0.00741. The molecular formula is C15H22Cl2N2O. The van der Waals surface area contributed by atoms with Crippen LogP contribution in [0.5, 0.6) is 0 Å². The molecule has 0 saturated heterocycles. The van der Waals surface area contributed by atoms with E-state index in [1.54, 1.807) is 12.1 Å². The lowest BCUT2D eigenvalue weighted by Crippen LogP contribution is -2.39. The predicted octanol–water partition coefficient (Wildman–Crippen LogP) is 3.95. The van der Waals surface area contributed by atoms with Crippen LogP contribution in [0.3, 0.4) is 0 Å². The van der Waals surface area contributed by atoms with Crippen molar-refractivity contribution in [3.8, 4) is 0 Å². The van der Waals surface area contributed by atoms with Crippen LogP contribution in [-0.4, -0.2) is 18.5 Å². The third-order valence-electron chi connectivity index (χ3n) is 3.13. The quantitative estimate of drug-likeness (QED) is 0.799. The Balaban J connectivity index is 2.46. The highest BCUT2D eigenvalue weighted by molar-refractivity contribution is 6.35. The molecule has 20 heavy (non-hydrogen) atoms. The van der Waals surface area contributed by atoms with Gasteiger partial charge in [-0.25, -0.2) is 0 Å². The number of hydrogen-bond acceptors (Lipinski definition) is 2. The highest BCUT2D eigenvalue weighted by Crippen LogP contribution is 2.25. The fourth-order valence-corrected chi connectivity index (χ4v) is 2.61. The topological polar surface area (TPSA) is 41.1 Å². The first-order valence-electron chi connectivity index (χ1n) is 6.91. The van der Waals surface area contributed by atoms with Crippen molar-refractivity contribution in [3.63, 3.8) is 0 Å². The summed E-state index contributed by atoms with van der Waals surface area (Å²) in [5.41, 5.74) is 0.936. The van der Waals surface area contributed by atoms with Gasteiger partial charge < -0.3 is 10.6 Å². The van der Waals surface area contributed by atoms with E-state index in [1.807, 2.05) is 19.9 Å². The van der Waals surface area contributed by atoms with E-state index in [0.29, 0.717) is 10.0 Å². The van der Waals surface area contributed by atoms with Gasteiger partial charge in [0.1, 0.15) is 0 Å². The molecule has 2 unspecified atom stereocenters. The van der Waals surface area contributed by atoms with Crippen LogP contribution >= 0.6 is 23.2 Å². The van der Waals surface area contributed by atoms with Crippen LogP contribution < -0.4 is 10.6 Å². The van der Waals surface area contributed by atoms with E-state index in [4.69, 9.17) is 23.2 Å². The monoisotopic (exact) mass is 316 g/mol. The van der Waals surface area contributed by atoms with E-state index < -0.39 is 0 Å². The summed E-state index contributed by atoms with van der Waals surface area (Å²) in [5.74, 6) is 0.00267. The molecule has 0 aliphatic rings. The van der Waals surface area contributed by atoms with Gasteiger partial charge in [0.2, 0.25) is 5.91 Å². The van der Waals surface area contributed by atoms with Gasteiger partial charge in [-0.15, -0.1) is 0 Å². The van der Waals surface area contributed by atoms with Crippen LogP contribution in [-0.2, 0) is 4.79 Å². The molecule has 0 aliphatic carbocycles. The Labute approximate surface area is 131 Å². The summed E-state index contributed by atoms with van der Waals surface area (Å²) in [4.78, 5) is 11.8. The Hall–Kier alpha value is -0.770. The molecule has 3 nitrogen and oxygen atoms in total. The third-order valence-corrected chi connectivity index (χ3v) is 3.69. The molecule has 0 saturated carbocycles. The SMILES string of the molecule is CCCC(C)NC(=O)CNC(C)c1ccc(Cl)cc1Cl. The van der Waals surface area contributed by atoms with Gasteiger partial charge in [-0.1, -0.05) is 42.6 Å². The molecule has 0 bridgehead atoms. The maximum Gasteiger partial charge on any atom is 0.234 e. The molecule has 1 aromatic rings. The Bertz CT molecular complexity index is 451. The standard InChI is InChI=1S/C15H22Cl2N2O/c1-4-5-10(2)19-15(20)9-18-11(3)13-7-6-12(16)8-14(13)17/h6-8,10-11,18H,4-5,9H2,1-3H3,(H,19,20). The van der Waals surface area contributed by atoms with Gasteiger partial charge in [0, 0.05) is 22.1 Å². The van der Waals surface area contributed by atoms with E-state index in [-0.39, 0.29) is 24.5 Å². The van der Waals surface area contributed by atoms with Crippen LogP contribution in [0.1, 0.15) is 45.2 Å². The molecule has 0 radical (unpaired) electrons. The lowest BCUT2D eigenvalue weighted by atomic mass is 10.1. The third kappa shape index (κ3) is 5.70. The molecule has 0 fully saturated rings. The minimum Gasteiger partial charge on any atom is -0.353 e. The van der Waals surface area contributed by atoms with E-state index in [2.05, 4.69) is 17.6 Å². The molecule has 112 valence electrons. The van der Waals surface area contributed by atoms with Gasteiger partial charge in [-0.2, -0.15) is 0 Å². The Kier molecular flexibility index (Phi) is 7.35. The molecule has 1 rings (SSSR count). The van der Waals surface area contributed by atoms with Crippen LogP contribution in [0.25, 0.3) is 0 Å². The van der Waals surface area contributed by atoms with Gasteiger partial charge in [0.05, 0.1) is 6.54 Å². The molecule has 2 N–H and O–H groups in total. The van der Waals surface area contributed by atoms with Crippen LogP contribution in [0.15, 0.2) is 18.2 Å². The van der Waals surface area contributed by atoms with E-state index in [9.17, 15) is 4.79 Å². The van der Waals surface area contributed by atoms with Gasteiger partial charge in [0.15, 0.2) is 0 Å². The molecular weight excluding hydrogens is 295 g/mol. The molecule has 1 aromatic carbocycles. The fourth-order valence-electron chi connectivity index (χ4n) is 2.04. The van der Waals surface area contributed by atoms with Gasteiger partial charge >= 0.3 is 0 Å². The molecule has 0 aromatic heterocycles. The second-order valence-corrected chi connectivity index (χ2v) is 5.87. The van der Waals surface area contributed by atoms with E-state index >= 15 is 0 Å². The largest absolute Gasteiger partial charge is 0.353 e. The Morgan fingerprint density at radius 2 is 2.00 bits per heavy atom. The zero-order chi connectivity index (χ0) is 15.1. The average Bonchev–Trinajstić information content (AvgIpc) is 2.36. The highest BCUT2D eigenvalue weighted by atomic mass is 35.5. The molecule has 0 heterocycles. The van der Waals surface area contributed by atoms with Crippen molar-refractivity contribution >= 4 is 29.1 Å². The first-order valence-corrected chi connectivity index (χ1v) is 7.67. The highest BCUT2D eigenvalue weighted by Gasteiger charge is 2.12. The summed E-state index contributed by atoms with van der Waals surface area (Å²) in [7, 11) is 0. The van der Waals surface area contributed by atoms with Crippen molar-refractivity contribution in [2.75, 3.05) is 6.54 Å². The second-order valence-electron chi connectivity index (χ2n) is 5.03. The minimum absolute atomic E-state index is 0.00267. The Morgan fingerprint density at radius 1 is 1.30 bits per heavy atom. The molecule has 1 amide bonds. The maximum absolute atomic E-state index is 11.8. The predicted molar refractivity (Wildman–Crippen MR) is 85.4 cm³/mol. The normalized spacial score (nSPS) is 13.8. The van der Waals surface area contributed by atoms with Gasteiger partial charge in [-0.3, -0.25) is 4.79 Å². The first kappa shape index (κ1) is 17.3. The number of nitrogens with one attached hydrogen (secondary N) is 2. The lowest BCUT2D eigenvalue weighted by molar-refractivity contribution is -0.121. The number of halogens is 2. The number of carbonyl (C=O) groups is 1. The zero-order valence-corrected chi connectivity index (χ0v) is 13.7. The van der Waals surface area contributed by atoms with E-state index in [1.165, 1.54) is 0 Å². The average molecular weight is 317 g/mol. The zero-order valence-electron chi connectivity index (χ0n) is 12.2. The van der Waals surface area contributed by atoms with E-state index in [0.717, 1.165) is 18.4 Å². The van der Waals surface area contributed by atoms with Crippen molar-refractivity contribution in [3.05, 3.63) is 33.8 Å².